The van der Waals surface area contributed by atoms with Crippen LogP contribution in [0.4, 0.5) is 0 Å². The normalized spacial score (nSPS) is 20.7. The average molecular weight is 396 g/mol. The highest BCUT2D eigenvalue weighted by Gasteiger charge is 2.27. The lowest BCUT2D eigenvalue weighted by molar-refractivity contribution is -0.136. The Bertz CT molecular complexity index is 827. The molecular weight excluding hydrogens is 368 g/mol. The fourth-order valence-corrected chi connectivity index (χ4v) is 4.14. The van der Waals surface area contributed by atoms with Crippen LogP contribution in [-0.4, -0.2) is 86.6 Å². The van der Waals surface area contributed by atoms with E-state index in [0.29, 0.717) is 31.2 Å². The number of piperazine rings is 1. The second kappa shape index (κ2) is 8.73. The van der Waals surface area contributed by atoms with Gasteiger partial charge in [-0.15, -0.1) is 0 Å². The van der Waals surface area contributed by atoms with E-state index in [-0.39, 0.29) is 11.8 Å². The fraction of sp³-hybridized carbons (Fsp3) is 0.524. The number of nitrogens with zero attached hydrogens (tertiary/aromatic N) is 6. The van der Waals surface area contributed by atoms with Crippen LogP contribution in [0.25, 0.3) is 5.69 Å². The molecule has 1 atom stereocenters. The quantitative estimate of drug-likeness (QED) is 0.782. The van der Waals surface area contributed by atoms with Crippen molar-refractivity contribution in [3.05, 3.63) is 42.5 Å². The van der Waals surface area contributed by atoms with Crippen molar-refractivity contribution in [2.24, 2.45) is 0 Å². The van der Waals surface area contributed by atoms with Crippen molar-refractivity contribution >= 4 is 11.8 Å². The van der Waals surface area contributed by atoms with Crippen LogP contribution in [0.2, 0.25) is 0 Å². The summed E-state index contributed by atoms with van der Waals surface area (Å²) in [6, 6.07) is 7.74. The van der Waals surface area contributed by atoms with Crippen LogP contribution in [-0.2, 0) is 4.79 Å². The monoisotopic (exact) mass is 396 g/mol. The molecule has 29 heavy (non-hydrogen) atoms. The molecule has 4 rings (SSSR count). The van der Waals surface area contributed by atoms with Crippen LogP contribution in [0, 0.1) is 0 Å². The SMILES string of the molecule is CC1CCCCN1C(=O)CN1CCN(C(=O)c2ccc(-n3cncn3)cc2)CC1. The maximum atomic E-state index is 12.8. The molecule has 0 bridgehead atoms. The highest BCUT2D eigenvalue weighted by molar-refractivity contribution is 5.94. The van der Waals surface area contributed by atoms with Gasteiger partial charge in [0.1, 0.15) is 12.7 Å². The van der Waals surface area contributed by atoms with E-state index in [1.165, 1.54) is 12.7 Å². The third kappa shape index (κ3) is 4.48. The average Bonchev–Trinajstić information content (AvgIpc) is 3.29. The third-order valence-corrected chi connectivity index (χ3v) is 5.94. The summed E-state index contributed by atoms with van der Waals surface area (Å²) in [6.07, 6.45) is 6.53. The Morgan fingerprint density at radius 2 is 1.79 bits per heavy atom. The zero-order chi connectivity index (χ0) is 20.2. The molecule has 0 spiro atoms. The zero-order valence-corrected chi connectivity index (χ0v) is 16.9. The van der Waals surface area contributed by atoms with Gasteiger partial charge in [-0.3, -0.25) is 14.5 Å². The molecule has 3 heterocycles. The topological polar surface area (TPSA) is 74.6 Å². The van der Waals surface area contributed by atoms with Gasteiger partial charge in [-0.2, -0.15) is 5.10 Å². The summed E-state index contributed by atoms with van der Waals surface area (Å²) >= 11 is 0. The molecule has 2 saturated heterocycles. The molecular formula is C21H28N6O2. The number of rotatable bonds is 4. The van der Waals surface area contributed by atoms with E-state index in [1.807, 2.05) is 34.1 Å². The summed E-state index contributed by atoms with van der Waals surface area (Å²) in [7, 11) is 0. The van der Waals surface area contributed by atoms with Crippen molar-refractivity contribution in [2.45, 2.75) is 32.2 Å². The molecule has 8 heteroatoms. The second-order valence-corrected chi connectivity index (χ2v) is 7.89. The van der Waals surface area contributed by atoms with Gasteiger partial charge in [0, 0.05) is 44.3 Å². The van der Waals surface area contributed by atoms with Gasteiger partial charge in [0.05, 0.1) is 12.2 Å². The van der Waals surface area contributed by atoms with Crippen molar-refractivity contribution in [3.8, 4) is 5.69 Å². The molecule has 2 aliphatic rings. The number of piperidine rings is 1. The molecule has 2 aromatic rings. The summed E-state index contributed by atoms with van der Waals surface area (Å²) < 4.78 is 1.66. The van der Waals surface area contributed by atoms with Gasteiger partial charge in [0.25, 0.3) is 5.91 Å². The largest absolute Gasteiger partial charge is 0.339 e. The molecule has 2 amide bonds. The fourth-order valence-electron chi connectivity index (χ4n) is 4.14. The van der Waals surface area contributed by atoms with Crippen LogP contribution in [0.1, 0.15) is 36.5 Å². The van der Waals surface area contributed by atoms with E-state index in [1.54, 1.807) is 11.0 Å². The highest BCUT2D eigenvalue weighted by atomic mass is 16.2. The van der Waals surface area contributed by atoms with Gasteiger partial charge in [-0.1, -0.05) is 0 Å². The Labute approximate surface area is 171 Å². The molecule has 154 valence electrons. The van der Waals surface area contributed by atoms with Crippen LogP contribution in [0.15, 0.2) is 36.9 Å². The van der Waals surface area contributed by atoms with Crippen LogP contribution in [0.5, 0.6) is 0 Å². The minimum Gasteiger partial charge on any atom is -0.339 e. The van der Waals surface area contributed by atoms with E-state index in [9.17, 15) is 9.59 Å². The lowest BCUT2D eigenvalue weighted by Crippen LogP contribution is -2.53. The first-order valence-electron chi connectivity index (χ1n) is 10.4. The summed E-state index contributed by atoms with van der Waals surface area (Å²) in [5.74, 6) is 0.256. The van der Waals surface area contributed by atoms with Gasteiger partial charge in [0.2, 0.25) is 5.91 Å². The maximum absolute atomic E-state index is 12.8. The number of carbonyl (C=O) groups excluding carboxylic acids is 2. The predicted molar refractivity (Wildman–Crippen MR) is 109 cm³/mol. The molecule has 1 aromatic carbocycles. The number of benzene rings is 1. The molecule has 0 aliphatic carbocycles. The van der Waals surface area contributed by atoms with E-state index in [0.717, 1.165) is 38.2 Å². The number of amides is 2. The predicted octanol–water partition coefficient (Wildman–Crippen LogP) is 1.43. The van der Waals surface area contributed by atoms with Gasteiger partial charge in [0.15, 0.2) is 0 Å². The number of hydrogen-bond donors (Lipinski definition) is 0. The van der Waals surface area contributed by atoms with Gasteiger partial charge in [-0.05, 0) is 50.5 Å². The zero-order valence-electron chi connectivity index (χ0n) is 16.9. The van der Waals surface area contributed by atoms with Crippen LogP contribution in [0.3, 0.4) is 0 Å². The molecule has 2 fully saturated rings. The third-order valence-electron chi connectivity index (χ3n) is 5.94. The van der Waals surface area contributed by atoms with Gasteiger partial charge < -0.3 is 9.80 Å². The second-order valence-electron chi connectivity index (χ2n) is 7.89. The lowest BCUT2D eigenvalue weighted by Gasteiger charge is -2.38. The minimum absolute atomic E-state index is 0.0331. The maximum Gasteiger partial charge on any atom is 0.253 e. The molecule has 0 N–H and O–H groups in total. The van der Waals surface area contributed by atoms with Crippen molar-refractivity contribution in [1.29, 1.82) is 0 Å². The molecule has 1 unspecified atom stereocenters. The Morgan fingerprint density at radius 3 is 2.45 bits per heavy atom. The Balaban J connectivity index is 1.29. The first-order valence-corrected chi connectivity index (χ1v) is 10.4. The minimum atomic E-state index is 0.0331. The Kier molecular flexibility index (Phi) is 5.89. The van der Waals surface area contributed by atoms with Crippen molar-refractivity contribution < 1.29 is 9.59 Å². The lowest BCUT2D eigenvalue weighted by atomic mass is 10.0. The van der Waals surface area contributed by atoms with Gasteiger partial charge >= 0.3 is 0 Å². The number of hydrogen-bond acceptors (Lipinski definition) is 5. The van der Waals surface area contributed by atoms with E-state index < -0.39 is 0 Å². The van der Waals surface area contributed by atoms with Crippen LogP contribution < -0.4 is 0 Å². The first-order chi connectivity index (χ1) is 14.1. The molecule has 0 radical (unpaired) electrons. The number of aromatic nitrogens is 3. The molecule has 2 aliphatic heterocycles. The summed E-state index contributed by atoms with van der Waals surface area (Å²) in [5, 5.41) is 4.09. The smallest absolute Gasteiger partial charge is 0.253 e. The summed E-state index contributed by atoms with van der Waals surface area (Å²) in [5.41, 5.74) is 1.54. The summed E-state index contributed by atoms with van der Waals surface area (Å²) in [4.78, 5) is 35.4. The van der Waals surface area contributed by atoms with Crippen molar-refractivity contribution in [2.75, 3.05) is 39.3 Å². The highest BCUT2D eigenvalue weighted by Crippen LogP contribution is 2.17. The van der Waals surface area contributed by atoms with E-state index in [4.69, 9.17) is 0 Å². The molecule has 8 nitrogen and oxygen atoms in total. The van der Waals surface area contributed by atoms with E-state index >= 15 is 0 Å². The van der Waals surface area contributed by atoms with E-state index in [2.05, 4.69) is 21.9 Å². The standard InChI is InChI=1S/C21H28N6O2/c1-17-4-2-3-9-26(17)20(28)14-24-10-12-25(13-11-24)21(29)18-5-7-19(8-6-18)27-16-22-15-23-27/h5-8,15-17H,2-4,9-14H2,1H3. The molecule has 1 aromatic heterocycles. The van der Waals surface area contributed by atoms with Crippen molar-refractivity contribution in [3.63, 3.8) is 0 Å². The van der Waals surface area contributed by atoms with Crippen molar-refractivity contribution in [1.82, 2.24) is 29.5 Å². The first kappa shape index (κ1) is 19.6. The van der Waals surface area contributed by atoms with Crippen LogP contribution >= 0.6 is 0 Å². The summed E-state index contributed by atoms with van der Waals surface area (Å²) in [6.45, 7) is 6.23. The number of carbonyl (C=O) groups is 2. The number of likely N-dealkylation sites (tertiary alicyclic amines) is 1. The molecule has 0 saturated carbocycles. The Hall–Kier alpha value is -2.74. The Morgan fingerprint density at radius 1 is 1.03 bits per heavy atom. The van der Waals surface area contributed by atoms with Gasteiger partial charge in [-0.25, -0.2) is 9.67 Å².